The molecule has 0 radical (unpaired) electrons. The van der Waals surface area contributed by atoms with Gasteiger partial charge in [-0.25, -0.2) is 0 Å². The van der Waals surface area contributed by atoms with E-state index >= 15 is 0 Å². The van der Waals surface area contributed by atoms with Crippen LogP contribution < -0.4 is 10.2 Å². The van der Waals surface area contributed by atoms with Gasteiger partial charge in [-0.3, -0.25) is 4.99 Å². The van der Waals surface area contributed by atoms with Gasteiger partial charge in [0.15, 0.2) is 5.96 Å². The number of nitrogens with one attached hydrogen (secondary N) is 1. The second-order valence-corrected chi connectivity index (χ2v) is 8.08. The lowest BCUT2D eigenvalue weighted by Gasteiger charge is -2.33. The Hall–Kier alpha value is -1.36. The highest BCUT2D eigenvalue weighted by molar-refractivity contribution is 7.99. The number of hydrogen-bond donors (Lipinski definition) is 1. The summed E-state index contributed by atoms with van der Waals surface area (Å²) in [5.74, 6) is 4.29. The third-order valence-electron chi connectivity index (χ3n) is 4.93. The molecule has 0 bridgehead atoms. The Morgan fingerprint density at radius 3 is 2.62 bits per heavy atom. The fourth-order valence-corrected chi connectivity index (χ4v) is 4.44. The van der Waals surface area contributed by atoms with Crippen molar-refractivity contribution in [2.45, 2.75) is 26.3 Å². The molecule has 132 valence electrons. The molecule has 2 heterocycles. The summed E-state index contributed by atoms with van der Waals surface area (Å²) < 4.78 is 0. The van der Waals surface area contributed by atoms with Crippen LogP contribution in [0.2, 0.25) is 0 Å². The third-order valence-corrected chi connectivity index (χ3v) is 5.87. The van der Waals surface area contributed by atoms with Gasteiger partial charge >= 0.3 is 0 Å². The van der Waals surface area contributed by atoms with E-state index in [-0.39, 0.29) is 0 Å². The van der Waals surface area contributed by atoms with Gasteiger partial charge in [-0.2, -0.15) is 11.8 Å². The van der Waals surface area contributed by atoms with E-state index in [1.54, 1.807) is 0 Å². The summed E-state index contributed by atoms with van der Waals surface area (Å²) in [7, 11) is 1.89. The molecule has 5 heteroatoms. The first-order chi connectivity index (χ1) is 11.8. The lowest BCUT2D eigenvalue weighted by Crippen LogP contribution is -2.45. The van der Waals surface area contributed by atoms with Gasteiger partial charge in [0.05, 0.1) is 0 Å². The summed E-state index contributed by atoms with van der Waals surface area (Å²) in [5, 5.41) is 3.53. The minimum absolute atomic E-state index is 0.763. The highest BCUT2D eigenvalue weighted by Crippen LogP contribution is 2.20. The second-order valence-electron chi connectivity index (χ2n) is 6.86. The lowest BCUT2D eigenvalue weighted by atomic mass is 10.0. The number of nitrogens with zero attached hydrogens (tertiary/aromatic N) is 3. The summed E-state index contributed by atoms with van der Waals surface area (Å²) in [6.45, 7) is 7.75. The van der Waals surface area contributed by atoms with E-state index < -0.39 is 0 Å². The summed E-state index contributed by atoms with van der Waals surface area (Å²) in [6, 6.07) is 9.02. The molecule has 3 rings (SSSR count). The van der Waals surface area contributed by atoms with E-state index in [0.29, 0.717) is 0 Å². The molecule has 4 nitrogen and oxygen atoms in total. The van der Waals surface area contributed by atoms with E-state index in [9.17, 15) is 0 Å². The Balaban J connectivity index is 1.53. The van der Waals surface area contributed by atoms with Gasteiger partial charge in [-0.05, 0) is 36.5 Å². The largest absolute Gasteiger partial charge is 0.370 e. The van der Waals surface area contributed by atoms with Crippen molar-refractivity contribution in [2.24, 2.45) is 10.9 Å². The molecule has 0 spiro atoms. The Labute approximate surface area is 150 Å². The summed E-state index contributed by atoms with van der Waals surface area (Å²) in [6.07, 6.45) is 2.61. The van der Waals surface area contributed by atoms with Crippen LogP contribution in [0.1, 0.15) is 25.3 Å². The Bertz CT molecular complexity index is 537. The highest BCUT2D eigenvalue weighted by atomic mass is 32.2. The Morgan fingerprint density at radius 2 is 1.96 bits per heavy atom. The zero-order chi connectivity index (χ0) is 16.8. The standard InChI is InChI=1S/C19H30N4S/c1-16-4-3-9-23(15-16)19(20-2)21-14-17-5-7-18(8-6-17)22-10-12-24-13-11-22/h5-8,16H,3-4,9-15H2,1-2H3,(H,20,21). The quantitative estimate of drug-likeness (QED) is 0.673. The fraction of sp³-hybridized carbons (Fsp3) is 0.632. The maximum atomic E-state index is 4.47. The van der Waals surface area contributed by atoms with Crippen molar-refractivity contribution in [1.29, 1.82) is 0 Å². The van der Waals surface area contributed by atoms with Crippen molar-refractivity contribution in [3.05, 3.63) is 29.8 Å². The van der Waals surface area contributed by atoms with Crippen LogP contribution in [0.4, 0.5) is 5.69 Å². The third kappa shape index (κ3) is 4.59. The molecular weight excluding hydrogens is 316 g/mol. The van der Waals surface area contributed by atoms with Crippen LogP contribution >= 0.6 is 11.8 Å². The van der Waals surface area contributed by atoms with Crippen molar-refractivity contribution in [2.75, 3.05) is 49.6 Å². The zero-order valence-electron chi connectivity index (χ0n) is 15.0. The molecule has 24 heavy (non-hydrogen) atoms. The predicted octanol–water partition coefficient (Wildman–Crippen LogP) is 3.05. The zero-order valence-corrected chi connectivity index (χ0v) is 15.8. The molecule has 0 aromatic heterocycles. The summed E-state index contributed by atoms with van der Waals surface area (Å²) in [4.78, 5) is 9.36. The summed E-state index contributed by atoms with van der Waals surface area (Å²) >= 11 is 2.05. The van der Waals surface area contributed by atoms with Gasteiger partial charge < -0.3 is 15.1 Å². The molecule has 2 saturated heterocycles. The molecule has 0 saturated carbocycles. The molecule has 1 atom stereocenters. The number of thioether (sulfide) groups is 1. The Morgan fingerprint density at radius 1 is 1.21 bits per heavy atom. The minimum Gasteiger partial charge on any atom is -0.370 e. The number of anilines is 1. The number of benzene rings is 1. The van der Waals surface area contributed by atoms with E-state index in [0.717, 1.165) is 31.5 Å². The normalized spacial score (nSPS) is 22.6. The molecule has 1 unspecified atom stereocenters. The van der Waals surface area contributed by atoms with Crippen LogP contribution in [0, 0.1) is 5.92 Å². The fourth-order valence-electron chi connectivity index (χ4n) is 3.54. The first-order valence-electron chi connectivity index (χ1n) is 9.13. The molecule has 2 fully saturated rings. The molecular formula is C19H30N4S. The number of aliphatic imine (C=N–C) groups is 1. The van der Waals surface area contributed by atoms with Gasteiger partial charge in [0.1, 0.15) is 0 Å². The van der Waals surface area contributed by atoms with Gasteiger partial charge in [-0.1, -0.05) is 19.1 Å². The van der Waals surface area contributed by atoms with E-state index in [1.807, 2.05) is 7.05 Å². The topological polar surface area (TPSA) is 30.9 Å². The van der Waals surface area contributed by atoms with E-state index in [1.165, 1.54) is 48.7 Å². The number of guanidine groups is 1. The number of hydrogen-bond acceptors (Lipinski definition) is 3. The predicted molar refractivity (Wildman–Crippen MR) is 106 cm³/mol. The molecule has 1 N–H and O–H groups in total. The van der Waals surface area contributed by atoms with E-state index in [2.05, 4.69) is 63.1 Å². The van der Waals surface area contributed by atoms with Crippen molar-refractivity contribution < 1.29 is 0 Å². The maximum absolute atomic E-state index is 4.47. The van der Waals surface area contributed by atoms with Crippen LogP contribution in [0.5, 0.6) is 0 Å². The average Bonchev–Trinajstić information content (AvgIpc) is 2.64. The summed E-state index contributed by atoms with van der Waals surface area (Å²) in [5.41, 5.74) is 2.67. The molecule has 2 aliphatic heterocycles. The number of rotatable bonds is 3. The average molecular weight is 347 g/mol. The molecule has 0 amide bonds. The van der Waals surface area contributed by atoms with Crippen molar-refractivity contribution in [3.63, 3.8) is 0 Å². The van der Waals surface area contributed by atoms with Gasteiger partial charge in [-0.15, -0.1) is 0 Å². The van der Waals surface area contributed by atoms with Crippen LogP contribution in [0.25, 0.3) is 0 Å². The SMILES string of the molecule is CN=C(NCc1ccc(N2CCSCC2)cc1)N1CCCC(C)C1. The van der Waals surface area contributed by atoms with Crippen molar-refractivity contribution >= 4 is 23.4 Å². The Kier molecular flexibility index (Phi) is 6.30. The van der Waals surface area contributed by atoms with Gasteiger partial charge in [0, 0.05) is 57.0 Å². The van der Waals surface area contributed by atoms with Crippen molar-refractivity contribution in [3.8, 4) is 0 Å². The molecule has 0 aliphatic carbocycles. The van der Waals surface area contributed by atoms with Crippen molar-refractivity contribution in [1.82, 2.24) is 10.2 Å². The van der Waals surface area contributed by atoms with Gasteiger partial charge in [0.2, 0.25) is 0 Å². The number of likely N-dealkylation sites (tertiary alicyclic amines) is 1. The first-order valence-corrected chi connectivity index (χ1v) is 10.3. The number of piperidine rings is 1. The van der Waals surface area contributed by atoms with E-state index in [4.69, 9.17) is 0 Å². The van der Waals surface area contributed by atoms with Gasteiger partial charge in [0.25, 0.3) is 0 Å². The smallest absolute Gasteiger partial charge is 0.193 e. The van der Waals surface area contributed by atoms with Crippen LogP contribution in [-0.2, 0) is 6.54 Å². The second kappa shape index (κ2) is 8.65. The monoisotopic (exact) mass is 346 g/mol. The highest BCUT2D eigenvalue weighted by Gasteiger charge is 2.19. The lowest BCUT2D eigenvalue weighted by molar-refractivity contribution is 0.266. The van der Waals surface area contributed by atoms with Crippen LogP contribution in [0.3, 0.4) is 0 Å². The van der Waals surface area contributed by atoms with Crippen LogP contribution in [0.15, 0.2) is 29.3 Å². The molecule has 2 aliphatic rings. The maximum Gasteiger partial charge on any atom is 0.193 e. The van der Waals surface area contributed by atoms with Crippen LogP contribution in [-0.4, -0.2) is 55.6 Å². The molecule has 1 aromatic rings. The minimum atomic E-state index is 0.763. The molecule has 1 aromatic carbocycles. The first kappa shape index (κ1) is 17.5.